The van der Waals surface area contributed by atoms with Gasteiger partial charge in [-0.05, 0) is 42.1 Å². The van der Waals surface area contributed by atoms with Gasteiger partial charge in [0.1, 0.15) is 0 Å². The van der Waals surface area contributed by atoms with Crippen LogP contribution < -0.4 is 5.32 Å². The second-order valence-corrected chi connectivity index (χ2v) is 6.39. The van der Waals surface area contributed by atoms with Crippen LogP contribution in [0.1, 0.15) is 20.8 Å². The number of fused-ring (bicyclic) bond motifs is 1. The van der Waals surface area contributed by atoms with E-state index in [1.54, 1.807) is 23.5 Å². The highest BCUT2D eigenvalue weighted by Crippen LogP contribution is 2.30. The predicted molar refractivity (Wildman–Crippen MR) is 83.5 cm³/mol. The lowest BCUT2D eigenvalue weighted by Gasteiger charge is -2.07. The van der Waals surface area contributed by atoms with Crippen LogP contribution in [0.25, 0.3) is 9.40 Å². The van der Waals surface area contributed by atoms with E-state index in [9.17, 15) is 4.79 Å². The van der Waals surface area contributed by atoms with E-state index in [0.717, 1.165) is 15.0 Å². The van der Waals surface area contributed by atoms with Crippen molar-refractivity contribution in [2.45, 2.75) is 6.92 Å². The number of nitrogens with zero attached hydrogens (tertiary/aromatic N) is 1. The number of hydrogen-bond acceptors (Lipinski definition) is 4. The van der Waals surface area contributed by atoms with Gasteiger partial charge in [-0.15, -0.1) is 22.7 Å². The molecule has 98 valence electrons. The molecule has 0 bridgehead atoms. The number of thiophene rings is 2. The first-order valence-corrected chi connectivity index (χ1v) is 7.66. The monoisotopic (exact) mass is 298 g/mol. The van der Waals surface area contributed by atoms with E-state index in [2.05, 4.69) is 11.4 Å². The molecule has 1 aromatic carbocycles. The van der Waals surface area contributed by atoms with Crippen molar-refractivity contribution in [1.29, 1.82) is 5.26 Å². The standard InChI is InChI=1S/C15H10N2OS2/c1-9-2-3-10(8-16)6-11(9)17-15(18)14-7-13-12(20-14)4-5-19-13/h2-7H,1H3,(H,17,18). The van der Waals surface area contributed by atoms with Crippen LogP contribution in [0.2, 0.25) is 0 Å². The highest BCUT2D eigenvalue weighted by Gasteiger charge is 2.12. The smallest absolute Gasteiger partial charge is 0.265 e. The minimum atomic E-state index is -0.128. The van der Waals surface area contributed by atoms with Gasteiger partial charge in [-0.1, -0.05) is 6.07 Å². The number of carbonyl (C=O) groups is 1. The summed E-state index contributed by atoms with van der Waals surface area (Å²) in [6.45, 7) is 1.91. The number of amides is 1. The predicted octanol–water partition coefficient (Wildman–Crippen LogP) is 4.40. The maximum absolute atomic E-state index is 12.3. The molecular weight excluding hydrogens is 288 g/mol. The Labute approximate surface area is 124 Å². The van der Waals surface area contributed by atoms with Crippen LogP contribution in [0, 0.1) is 18.3 Å². The summed E-state index contributed by atoms with van der Waals surface area (Å²) in [5.74, 6) is -0.128. The Morgan fingerprint density at radius 1 is 1.25 bits per heavy atom. The van der Waals surface area contributed by atoms with Gasteiger partial charge in [-0.2, -0.15) is 5.26 Å². The fourth-order valence-corrected chi connectivity index (χ4v) is 3.89. The van der Waals surface area contributed by atoms with Crippen LogP contribution in [-0.4, -0.2) is 5.91 Å². The molecule has 3 aromatic rings. The molecule has 0 saturated heterocycles. The van der Waals surface area contributed by atoms with Gasteiger partial charge in [0.2, 0.25) is 0 Å². The fraction of sp³-hybridized carbons (Fsp3) is 0.0667. The topological polar surface area (TPSA) is 52.9 Å². The van der Waals surface area contributed by atoms with Crippen molar-refractivity contribution in [3.05, 3.63) is 51.7 Å². The van der Waals surface area contributed by atoms with Crippen molar-refractivity contribution in [2.75, 3.05) is 5.32 Å². The first kappa shape index (κ1) is 12.9. The number of carbonyl (C=O) groups excluding carboxylic acids is 1. The van der Waals surface area contributed by atoms with E-state index in [-0.39, 0.29) is 5.91 Å². The van der Waals surface area contributed by atoms with Gasteiger partial charge in [0.15, 0.2) is 0 Å². The molecule has 0 aliphatic rings. The van der Waals surface area contributed by atoms with Crippen LogP contribution in [0.3, 0.4) is 0 Å². The molecule has 5 heteroatoms. The molecule has 20 heavy (non-hydrogen) atoms. The van der Waals surface area contributed by atoms with Crippen molar-refractivity contribution in [3.8, 4) is 6.07 Å². The summed E-state index contributed by atoms with van der Waals surface area (Å²) in [7, 11) is 0. The molecule has 2 heterocycles. The summed E-state index contributed by atoms with van der Waals surface area (Å²) in [6.07, 6.45) is 0. The van der Waals surface area contributed by atoms with Gasteiger partial charge in [0, 0.05) is 15.1 Å². The Kier molecular flexibility index (Phi) is 3.26. The van der Waals surface area contributed by atoms with Gasteiger partial charge < -0.3 is 5.32 Å². The first-order chi connectivity index (χ1) is 9.67. The summed E-state index contributed by atoms with van der Waals surface area (Å²) in [5, 5.41) is 13.8. The van der Waals surface area contributed by atoms with E-state index in [0.29, 0.717) is 16.1 Å². The molecule has 0 atom stereocenters. The zero-order valence-corrected chi connectivity index (χ0v) is 12.3. The molecule has 3 nitrogen and oxygen atoms in total. The van der Waals surface area contributed by atoms with Gasteiger partial charge >= 0.3 is 0 Å². The summed E-state index contributed by atoms with van der Waals surface area (Å²) >= 11 is 3.11. The molecule has 0 fully saturated rings. The van der Waals surface area contributed by atoms with Gasteiger partial charge in [0.25, 0.3) is 5.91 Å². The lowest BCUT2D eigenvalue weighted by Crippen LogP contribution is -2.11. The molecule has 0 radical (unpaired) electrons. The maximum atomic E-state index is 12.3. The number of anilines is 1. The second-order valence-electron chi connectivity index (χ2n) is 4.36. The molecule has 0 aliphatic carbocycles. The Balaban J connectivity index is 1.89. The Bertz CT molecular complexity index is 811. The number of benzene rings is 1. The third-order valence-electron chi connectivity index (χ3n) is 2.98. The van der Waals surface area contributed by atoms with Crippen LogP contribution in [0.5, 0.6) is 0 Å². The highest BCUT2D eigenvalue weighted by atomic mass is 32.1. The summed E-state index contributed by atoms with van der Waals surface area (Å²) in [6, 6.07) is 11.3. The quantitative estimate of drug-likeness (QED) is 0.762. The van der Waals surface area contributed by atoms with Crippen molar-refractivity contribution in [2.24, 2.45) is 0 Å². The fourth-order valence-electron chi connectivity index (χ4n) is 1.89. The average molecular weight is 298 g/mol. The Morgan fingerprint density at radius 2 is 2.10 bits per heavy atom. The van der Waals surface area contributed by atoms with E-state index in [4.69, 9.17) is 5.26 Å². The van der Waals surface area contributed by atoms with Crippen molar-refractivity contribution in [1.82, 2.24) is 0 Å². The zero-order valence-electron chi connectivity index (χ0n) is 10.6. The summed E-state index contributed by atoms with van der Waals surface area (Å²) in [4.78, 5) is 12.9. The molecule has 0 saturated carbocycles. The number of aryl methyl sites for hydroxylation is 1. The Morgan fingerprint density at radius 3 is 2.85 bits per heavy atom. The van der Waals surface area contributed by atoms with Crippen LogP contribution in [-0.2, 0) is 0 Å². The summed E-state index contributed by atoms with van der Waals surface area (Å²) in [5.41, 5.74) is 2.17. The number of rotatable bonds is 2. The van der Waals surface area contributed by atoms with E-state index < -0.39 is 0 Å². The highest BCUT2D eigenvalue weighted by molar-refractivity contribution is 7.27. The molecule has 2 aromatic heterocycles. The van der Waals surface area contributed by atoms with Gasteiger partial charge in [0.05, 0.1) is 16.5 Å². The molecule has 3 rings (SSSR count). The van der Waals surface area contributed by atoms with E-state index >= 15 is 0 Å². The van der Waals surface area contributed by atoms with Crippen molar-refractivity contribution in [3.63, 3.8) is 0 Å². The minimum Gasteiger partial charge on any atom is -0.321 e. The number of nitriles is 1. The molecule has 0 spiro atoms. The van der Waals surface area contributed by atoms with Crippen LogP contribution >= 0.6 is 22.7 Å². The number of hydrogen-bond donors (Lipinski definition) is 1. The van der Waals surface area contributed by atoms with Crippen LogP contribution in [0.15, 0.2) is 35.7 Å². The first-order valence-electron chi connectivity index (χ1n) is 5.96. The van der Waals surface area contributed by atoms with Crippen molar-refractivity contribution >= 4 is 43.7 Å². The molecular formula is C15H10N2OS2. The van der Waals surface area contributed by atoms with Gasteiger partial charge in [-0.3, -0.25) is 4.79 Å². The van der Waals surface area contributed by atoms with E-state index in [1.807, 2.05) is 30.5 Å². The zero-order chi connectivity index (χ0) is 14.1. The molecule has 1 N–H and O–H groups in total. The van der Waals surface area contributed by atoms with Crippen LogP contribution in [0.4, 0.5) is 5.69 Å². The molecule has 0 unspecified atom stereocenters. The number of nitrogens with one attached hydrogen (secondary N) is 1. The van der Waals surface area contributed by atoms with Crippen molar-refractivity contribution < 1.29 is 4.79 Å². The molecule has 1 amide bonds. The third kappa shape index (κ3) is 2.31. The Hall–Kier alpha value is -2.16. The SMILES string of the molecule is Cc1ccc(C#N)cc1NC(=O)c1cc2sccc2s1. The second kappa shape index (κ2) is 5.08. The normalized spacial score (nSPS) is 10.4. The lowest BCUT2D eigenvalue weighted by molar-refractivity contribution is 0.103. The largest absolute Gasteiger partial charge is 0.321 e. The van der Waals surface area contributed by atoms with Gasteiger partial charge in [-0.25, -0.2) is 0 Å². The minimum absolute atomic E-state index is 0.128. The third-order valence-corrected chi connectivity index (χ3v) is 5.07. The maximum Gasteiger partial charge on any atom is 0.265 e. The lowest BCUT2D eigenvalue weighted by atomic mass is 10.1. The average Bonchev–Trinajstić information content (AvgIpc) is 3.02. The molecule has 0 aliphatic heterocycles. The summed E-state index contributed by atoms with van der Waals surface area (Å²) < 4.78 is 2.25. The van der Waals surface area contributed by atoms with E-state index in [1.165, 1.54) is 11.3 Å².